The highest BCUT2D eigenvalue weighted by Crippen LogP contribution is 2.72. The summed E-state index contributed by atoms with van der Waals surface area (Å²) in [6.45, 7) is 0. The van der Waals surface area contributed by atoms with Crippen LogP contribution in [0.4, 0.5) is 0 Å². The van der Waals surface area contributed by atoms with Gasteiger partial charge in [0.25, 0.3) is 0 Å². The van der Waals surface area contributed by atoms with Crippen molar-refractivity contribution in [3.05, 3.63) is 23.3 Å². The van der Waals surface area contributed by atoms with Crippen molar-refractivity contribution < 1.29 is 34.0 Å². The van der Waals surface area contributed by atoms with Gasteiger partial charge in [-0.15, -0.1) is 0 Å². The Kier molecular flexibility index (Phi) is 3.50. The van der Waals surface area contributed by atoms with Gasteiger partial charge in [-0.05, 0) is 18.1 Å². The molecule has 1 aromatic rings. The lowest BCUT2D eigenvalue weighted by Crippen LogP contribution is -2.77. The molecule has 2 N–H and O–H groups in total. The van der Waals surface area contributed by atoms with E-state index in [1.54, 1.807) is 26.2 Å². The first-order valence-electron chi connectivity index (χ1n) is 9.44. The molecule has 1 amide bonds. The number of rotatable bonds is 3. The van der Waals surface area contributed by atoms with Crippen LogP contribution in [0.5, 0.6) is 11.5 Å². The summed E-state index contributed by atoms with van der Waals surface area (Å²) in [6.07, 6.45) is -1.61. The van der Waals surface area contributed by atoms with Gasteiger partial charge >= 0.3 is 0 Å². The average Bonchev–Trinajstić information content (AvgIpc) is 3.09. The molecule has 8 heteroatoms. The van der Waals surface area contributed by atoms with Crippen molar-refractivity contribution in [1.29, 1.82) is 0 Å². The van der Waals surface area contributed by atoms with E-state index in [0.717, 1.165) is 11.1 Å². The fourth-order valence-corrected chi connectivity index (χ4v) is 6.60. The van der Waals surface area contributed by atoms with E-state index in [9.17, 15) is 15.0 Å². The van der Waals surface area contributed by atoms with Gasteiger partial charge in [-0.1, -0.05) is 6.07 Å². The summed E-state index contributed by atoms with van der Waals surface area (Å²) in [7, 11) is 6.25. The summed E-state index contributed by atoms with van der Waals surface area (Å²) in [6, 6.07) is 3.71. The second-order valence-corrected chi connectivity index (χ2v) is 8.27. The van der Waals surface area contributed by atoms with Crippen molar-refractivity contribution >= 4 is 5.91 Å². The molecule has 0 aromatic heterocycles. The second kappa shape index (κ2) is 5.38. The van der Waals surface area contributed by atoms with Crippen LogP contribution in [-0.2, 0) is 19.7 Å². The molecule has 0 radical (unpaired) electrons. The number of carbonyl (C=O) groups is 1. The maximum atomic E-state index is 13.0. The van der Waals surface area contributed by atoms with Crippen molar-refractivity contribution in [2.45, 2.75) is 54.3 Å². The van der Waals surface area contributed by atoms with E-state index < -0.39 is 35.1 Å². The predicted octanol–water partition coefficient (Wildman–Crippen LogP) is 0.486. The minimum absolute atomic E-state index is 0.107. The number of benzene rings is 1. The second-order valence-electron chi connectivity index (χ2n) is 8.27. The van der Waals surface area contributed by atoms with E-state index in [1.165, 1.54) is 7.11 Å². The molecule has 8 nitrogen and oxygen atoms in total. The summed E-state index contributed by atoms with van der Waals surface area (Å²) in [5.74, 6) is -0.888. The first-order valence-corrected chi connectivity index (χ1v) is 9.44. The first kappa shape index (κ1) is 18.2. The van der Waals surface area contributed by atoms with Crippen LogP contribution < -0.4 is 9.47 Å². The van der Waals surface area contributed by atoms with Crippen molar-refractivity contribution in [2.24, 2.45) is 0 Å². The number of aliphatic hydroxyl groups is 2. The summed E-state index contributed by atoms with van der Waals surface area (Å²) in [4.78, 5) is 14.6. The number of amides is 1. The lowest BCUT2D eigenvalue weighted by molar-refractivity contribution is -0.328. The fourth-order valence-electron chi connectivity index (χ4n) is 6.60. The van der Waals surface area contributed by atoms with Gasteiger partial charge in [-0.3, -0.25) is 4.79 Å². The molecule has 2 aliphatic heterocycles. The summed E-state index contributed by atoms with van der Waals surface area (Å²) >= 11 is 0. The molecule has 1 saturated carbocycles. The third-order valence-electron chi connectivity index (χ3n) is 7.54. The lowest BCUT2D eigenvalue weighted by atomic mass is 9.50. The molecule has 2 heterocycles. The number of likely N-dealkylation sites (tertiary alicyclic amines) is 1. The zero-order valence-corrected chi connectivity index (χ0v) is 16.4. The van der Waals surface area contributed by atoms with Crippen LogP contribution >= 0.6 is 0 Å². The van der Waals surface area contributed by atoms with Crippen LogP contribution in [0.2, 0.25) is 0 Å². The number of aliphatic hydroxyl groups excluding tert-OH is 1. The van der Waals surface area contributed by atoms with Crippen molar-refractivity contribution in [1.82, 2.24) is 4.90 Å². The quantitative estimate of drug-likeness (QED) is 0.774. The third kappa shape index (κ3) is 1.63. The predicted molar refractivity (Wildman–Crippen MR) is 96.2 cm³/mol. The summed E-state index contributed by atoms with van der Waals surface area (Å²) in [5.41, 5.74) is -0.303. The van der Waals surface area contributed by atoms with Crippen molar-refractivity contribution in [2.75, 3.05) is 28.4 Å². The van der Waals surface area contributed by atoms with Crippen LogP contribution in [0.15, 0.2) is 12.1 Å². The number of methoxy groups -OCH3 is 3. The molecule has 3 fully saturated rings. The SMILES string of the molecule is COc1ccc2c(c1OC)[C@@]13CC(=O)N(C)[C@@]14C[C@@H]2O[C@@]4(O)[C@@H](OC)[C@@H](O)C3. The van der Waals surface area contributed by atoms with Gasteiger partial charge in [0.15, 0.2) is 11.5 Å². The van der Waals surface area contributed by atoms with Gasteiger partial charge in [-0.2, -0.15) is 0 Å². The van der Waals surface area contributed by atoms with Crippen molar-refractivity contribution in [3.8, 4) is 11.5 Å². The van der Waals surface area contributed by atoms with Crippen LogP contribution in [0.25, 0.3) is 0 Å². The Bertz CT molecular complexity index is 874. The standard InChI is InChI=1S/C20H25NO7/c1-21-14(23)9-18-7-11(22)17(27-4)20(24)19(18,21)8-13(28-20)10-5-6-12(25-2)16(26-3)15(10)18/h5-6,11,13,17,22,24H,7-9H2,1-4H3/t11-,13-,17-,18+,19-,20-/m0/s1. The average molecular weight is 391 g/mol. The van der Waals surface area contributed by atoms with Gasteiger partial charge in [0.2, 0.25) is 11.7 Å². The molecule has 2 saturated heterocycles. The van der Waals surface area contributed by atoms with Gasteiger partial charge in [-0.25, -0.2) is 0 Å². The highest BCUT2D eigenvalue weighted by Gasteiger charge is 2.83. The molecule has 1 spiro atoms. The van der Waals surface area contributed by atoms with E-state index in [2.05, 4.69) is 0 Å². The Labute approximate surface area is 162 Å². The highest BCUT2D eigenvalue weighted by molar-refractivity contribution is 5.85. The Morgan fingerprint density at radius 1 is 1.21 bits per heavy atom. The zero-order valence-electron chi connectivity index (χ0n) is 16.4. The van der Waals surface area contributed by atoms with Crippen molar-refractivity contribution in [3.63, 3.8) is 0 Å². The molecule has 6 atom stereocenters. The highest BCUT2D eigenvalue weighted by atomic mass is 16.7. The number of ether oxygens (including phenoxy) is 4. The minimum atomic E-state index is -1.84. The van der Waals surface area contributed by atoms with E-state index in [1.807, 2.05) is 12.1 Å². The number of fused-ring (bicyclic) bond motifs is 3. The van der Waals surface area contributed by atoms with Gasteiger partial charge in [0.05, 0.1) is 26.4 Å². The zero-order chi connectivity index (χ0) is 20.1. The Hall–Kier alpha value is -1.87. The summed E-state index contributed by atoms with van der Waals surface area (Å²) in [5, 5.41) is 22.8. The van der Waals surface area contributed by atoms with Gasteiger partial charge in [0.1, 0.15) is 11.6 Å². The maximum absolute atomic E-state index is 13.0. The number of hydrogen-bond acceptors (Lipinski definition) is 7. The Morgan fingerprint density at radius 2 is 1.96 bits per heavy atom. The number of nitrogens with zero attached hydrogens (tertiary/aromatic N) is 1. The fraction of sp³-hybridized carbons (Fsp3) is 0.650. The van der Waals surface area contributed by atoms with Crippen LogP contribution in [0.3, 0.4) is 0 Å². The van der Waals surface area contributed by atoms with E-state index in [4.69, 9.17) is 18.9 Å². The van der Waals surface area contributed by atoms with Gasteiger partial charge in [0, 0.05) is 38.0 Å². The number of carbonyl (C=O) groups excluding carboxylic acids is 1. The first-order chi connectivity index (χ1) is 13.3. The van der Waals surface area contributed by atoms with E-state index in [-0.39, 0.29) is 18.7 Å². The third-order valence-corrected chi connectivity index (χ3v) is 7.54. The normalized spacial score (nSPS) is 43.0. The molecule has 4 aliphatic rings. The van der Waals surface area contributed by atoms with Crippen LogP contribution in [-0.4, -0.2) is 72.9 Å². The molecule has 28 heavy (non-hydrogen) atoms. The molecule has 2 aliphatic carbocycles. The minimum Gasteiger partial charge on any atom is -0.493 e. The maximum Gasteiger partial charge on any atom is 0.223 e. The number of hydrogen-bond donors (Lipinski definition) is 2. The number of likely N-dealkylation sites (N-methyl/N-ethyl adjacent to an activating group) is 1. The van der Waals surface area contributed by atoms with E-state index >= 15 is 0 Å². The Morgan fingerprint density at radius 3 is 2.61 bits per heavy atom. The molecule has 5 rings (SSSR count). The van der Waals surface area contributed by atoms with Crippen LogP contribution in [0.1, 0.15) is 36.5 Å². The van der Waals surface area contributed by atoms with Crippen LogP contribution in [0, 0.1) is 0 Å². The molecule has 0 unspecified atom stereocenters. The van der Waals surface area contributed by atoms with E-state index in [0.29, 0.717) is 17.9 Å². The molecule has 1 aromatic carbocycles. The Balaban J connectivity index is 1.89. The smallest absolute Gasteiger partial charge is 0.223 e. The topological polar surface area (TPSA) is 97.7 Å². The molecular formula is C20H25NO7. The monoisotopic (exact) mass is 391 g/mol. The largest absolute Gasteiger partial charge is 0.493 e. The molecule has 152 valence electrons. The molecular weight excluding hydrogens is 366 g/mol. The molecule has 2 bridgehead atoms. The summed E-state index contributed by atoms with van der Waals surface area (Å²) < 4.78 is 23.0. The lowest BCUT2D eigenvalue weighted by Gasteiger charge is -2.59. The van der Waals surface area contributed by atoms with Gasteiger partial charge < -0.3 is 34.1 Å².